The summed E-state index contributed by atoms with van der Waals surface area (Å²) in [4.78, 5) is 51.4. The molecule has 0 unspecified atom stereocenters. The highest BCUT2D eigenvalue weighted by atomic mass is 35.5. The number of ketones is 2. The van der Waals surface area contributed by atoms with Gasteiger partial charge in [0.1, 0.15) is 12.2 Å². The molecule has 0 aromatic heterocycles. The van der Waals surface area contributed by atoms with E-state index in [1.54, 1.807) is 12.2 Å². The summed E-state index contributed by atoms with van der Waals surface area (Å²) in [5.74, 6) is -1.03. The second-order valence-corrected chi connectivity index (χ2v) is 13.9. The highest BCUT2D eigenvalue weighted by Gasteiger charge is 2.30. The summed E-state index contributed by atoms with van der Waals surface area (Å²) < 4.78 is 11.8. The fraction of sp³-hybridized carbons (Fsp3) is 0.600. The van der Waals surface area contributed by atoms with Crippen LogP contribution in [0.25, 0.3) is 0 Å². The van der Waals surface area contributed by atoms with Crippen LogP contribution < -0.4 is 0 Å². The number of hydrogen-bond acceptors (Lipinski definition) is 6. The Morgan fingerprint density at radius 3 is 1.42 bits per heavy atom. The quantitative estimate of drug-likeness (QED) is 0.142. The molecule has 2 aliphatic carbocycles. The van der Waals surface area contributed by atoms with Gasteiger partial charge in [-0.25, -0.2) is 0 Å². The van der Waals surface area contributed by atoms with Crippen molar-refractivity contribution in [3.63, 3.8) is 0 Å². The summed E-state index contributed by atoms with van der Waals surface area (Å²) in [7, 11) is 0. The third-order valence-electron chi connectivity index (χ3n) is 9.13. The van der Waals surface area contributed by atoms with Crippen molar-refractivity contribution < 1.29 is 28.7 Å². The number of hydrogen-bond donors (Lipinski definition) is 0. The van der Waals surface area contributed by atoms with Crippen molar-refractivity contribution >= 4 is 46.7 Å². The predicted octanol–water partition coefficient (Wildman–Crippen LogP) is 10.5. The van der Waals surface area contributed by atoms with Crippen molar-refractivity contribution in [2.24, 2.45) is 11.8 Å². The van der Waals surface area contributed by atoms with Crippen molar-refractivity contribution in [1.29, 1.82) is 0 Å². The Labute approximate surface area is 297 Å². The molecular formula is C40H54Cl2O6. The number of allylic oxidation sites excluding steroid dienone is 10. The van der Waals surface area contributed by atoms with Gasteiger partial charge in [0.05, 0.1) is 10.1 Å². The van der Waals surface area contributed by atoms with E-state index in [4.69, 9.17) is 32.7 Å². The molecule has 1 heterocycles. The van der Waals surface area contributed by atoms with Gasteiger partial charge in [0.15, 0.2) is 11.6 Å². The first-order valence-corrected chi connectivity index (χ1v) is 18.9. The van der Waals surface area contributed by atoms with E-state index in [0.717, 1.165) is 51.4 Å². The number of halogens is 2. The summed E-state index contributed by atoms with van der Waals surface area (Å²) in [5.41, 5.74) is 1.31. The van der Waals surface area contributed by atoms with E-state index >= 15 is 0 Å². The maximum absolute atomic E-state index is 12.9. The molecule has 0 aromatic carbocycles. The first kappa shape index (κ1) is 39.7. The van der Waals surface area contributed by atoms with Gasteiger partial charge in [0, 0.05) is 48.7 Å². The summed E-state index contributed by atoms with van der Waals surface area (Å²) in [5, 5.41) is 0.463. The summed E-state index contributed by atoms with van der Waals surface area (Å²) in [6.07, 6.45) is 28.1. The molecular weight excluding hydrogens is 647 g/mol. The molecule has 264 valence electrons. The maximum Gasteiger partial charge on any atom is 0.306 e. The van der Waals surface area contributed by atoms with Gasteiger partial charge in [0.25, 0.3) is 0 Å². The predicted molar refractivity (Wildman–Crippen MR) is 194 cm³/mol. The van der Waals surface area contributed by atoms with Crippen molar-refractivity contribution in [3.8, 4) is 0 Å². The van der Waals surface area contributed by atoms with Gasteiger partial charge in [-0.3, -0.25) is 19.2 Å². The van der Waals surface area contributed by atoms with E-state index in [1.807, 2.05) is 36.5 Å². The Hall–Kier alpha value is -2.70. The minimum Gasteiger partial charge on any atom is -0.462 e. The zero-order valence-electron chi connectivity index (χ0n) is 28.9. The van der Waals surface area contributed by atoms with Crippen LogP contribution >= 0.6 is 23.2 Å². The molecule has 6 nitrogen and oxygen atoms in total. The van der Waals surface area contributed by atoms with Crippen molar-refractivity contribution in [2.45, 2.75) is 142 Å². The largest absolute Gasteiger partial charge is 0.462 e. The molecule has 8 heteroatoms. The first-order chi connectivity index (χ1) is 23.2. The number of Topliss-reactive ketones (excluding diaryl/α,β-unsaturated/α-hetero) is 2. The topological polar surface area (TPSA) is 86.7 Å². The molecule has 0 saturated carbocycles. The van der Waals surface area contributed by atoms with E-state index in [9.17, 15) is 19.2 Å². The smallest absolute Gasteiger partial charge is 0.306 e. The summed E-state index contributed by atoms with van der Waals surface area (Å²) in [6.45, 7) is 4.27. The van der Waals surface area contributed by atoms with Gasteiger partial charge in [-0.2, -0.15) is 0 Å². The number of unbranched alkanes of at least 4 members (excludes halogenated alkanes) is 4. The van der Waals surface area contributed by atoms with Crippen molar-refractivity contribution in [3.05, 3.63) is 69.8 Å². The Balaban J connectivity index is 1.74. The average Bonchev–Trinajstić information content (AvgIpc) is 3.49. The SMILES string of the molecule is CCCCC[C@H]1C/C=C2/C(=O)C(Cl)=C[C@@H]2C/C=C\CCCC(=O)O[C@@H](CCCCC)C/C=C2/C(=O)C(Cl)=C[C@@H]2C/C=C\CCCC(=O)O1. The van der Waals surface area contributed by atoms with E-state index in [1.165, 1.54) is 0 Å². The van der Waals surface area contributed by atoms with E-state index in [-0.39, 0.29) is 57.6 Å². The third-order valence-corrected chi connectivity index (χ3v) is 9.72. The van der Waals surface area contributed by atoms with Crippen molar-refractivity contribution in [1.82, 2.24) is 0 Å². The monoisotopic (exact) mass is 700 g/mol. The molecule has 0 saturated heterocycles. The molecule has 4 atom stereocenters. The summed E-state index contributed by atoms with van der Waals surface area (Å²) >= 11 is 12.5. The van der Waals surface area contributed by atoms with Gasteiger partial charge in [-0.05, 0) is 64.2 Å². The molecule has 0 fully saturated rings. The van der Waals surface area contributed by atoms with Crippen molar-refractivity contribution in [2.75, 3.05) is 0 Å². The molecule has 0 amide bonds. The Bertz CT molecular complexity index is 1190. The van der Waals surface area contributed by atoms with Crippen LogP contribution in [-0.2, 0) is 28.7 Å². The zero-order valence-corrected chi connectivity index (χ0v) is 30.4. The lowest BCUT2D eigenvalue weighted by Gasteiger charge is -2.18. The number of esters is 2. The molecule has 3 rings (SSSR count). The molecule has 48 heavy (non-hydrogen) atoms. The Morgan fingerprint density at radius 2 is 1.02 bits per heavy atom. The van der Waals surface area contributed by atoms with Gasteiger partial charge in [0.2, 0.25) is 0 Å². The van der Waals surface area contributed by atoms with E-state index in [2.05, 4.69) is 13.8 Å². The first-order valence-electron chi connectivity index (χ1n) is 18.2. The molecule has 1 aliphatic heterocycles. The summed E-state index contributed by atoms with van der Waals surface area (Å²) in [6, 6.07) is 0. The molecule has 0 bridgehead atoms. The van der Waals surface area contributed by atoms with Crippen LogP contribution in [0.2, 0.25) is 0 Å². The highest BCUT2D eigenvalue weighted by Crippen LogP contribution is 2.34. The van der Waals surface area contributed by atoms with E-state index in [0.29, 0.717) is 75.4 Å². The number of carbonyl (C=O) groups excluding carboxylic acids is 4. The standard InChI is InChI=1S/C40H54Cl2O6/c1-3-5-11-19-31-23-25-33-29(27-35(41)39(33)45)17-13-8-10-16-22-38(44)48-32(20-12-6-4-2)24-26-34-30(28-36(42)40(34)46)18-14-7-9-15-21-37(43)47-31/h7-8,13-14,25-32H,3-6,9-12,15-24H2,1-2H3/b13-8-,14-7-,33-25+,34-26+/t29-,30-,31-,32-/m0/s1. The number of rotatable bonds is 8. The highest BCUT2D eigenvalue weighted by molar-refractivity contribution is 6.46. The minimum absolute atomic E-state index is 0.127. The van der Waals surface area contributed by atoms with Gasteiger partial charge >= 0.3 is 11.9 Å². The fourth-order valence-electron chi connectivity index (χ4n) is 6.33. The Kier molecular flexibility index (Phi) is 18.3. The van der Waals surface area contributed by atoms with Gasteiger partial charge < -0.3 is 9.47 Å². The van der Waals surface area contributed by atoms with Gasteiger partial charge in [-0.1, -0.05) is 111 Å². The fourth-order valence-corrected chi connectivity index (χ4v) is 6.85. The lowest BCUT2D eigenvalue weighted by atomic mass is 9.95. The second-order valence-electron chi connectivity index (χ2n) is 13.1. The van der Waals surface area contributed by atoms with E-state index < -0.39 is 0 Å². The van der Waals surface area contributed by atoms with Crippen LogP contribution in [-0.4, -0.2) is 35.7 Å². The number of fused-ring (bicyclic) bond motifs is 2. The molecule has 0 N–H and O–H groups in total. The number of carbonyl (C=O) groups is 4. The third kappa shape index (κ3) is 13.7. The van der Waals surface area contributed by atoms with Crippen LogP contribution in [0, 0.1) is 11.8 Å². The van der Waals surface area contributed by atoms with Crippen LogP contribution in [0.5, 0.6) is 0 Å². The molecule has 0 aromatic rings. The van der Waals surface area contributed by atoms with Gasteiger partial charge in [-0.15, -0.1) is 0 Å². The van der Waals surface area contributed by atoms with Crippen LogP contribution in [0.15, 0.2) is 69.8 Å². The lowest BCUT2D eigenvalue weighted by Crippen LogP contribution is -2.18. The normalized spacial score (nSPS) is 29.2. The van der Waals surface area contributed by atoms with Crippen LogP contribution in [0.3, 0.4) is 0 Å². The average molecular weight is 702 g/mol. The second kappa shape index (κ2) is 22.1. The van der Waals surface area contributed by atoms with Crippen LogP contribution in [0.4, 0.5) is 0 Å². The molecule has 0 spiro atoms. The van der Waals surface area contributed by atoms with Crippen LogP contribution in [0.1, 0.15) is 129 Å². The lowest BCUT2D eigenvalue weighted by molar-refractivity contribution is -0.150. The Morgan fingerprint density at radius 1 is 0.604 bits per heavy atom. The molecule has 0 radical (unpaired) electrons. The maximum atomic E-state index is 12.9. The number of cyclic esters (lactones) is 2. The molecule has 3 aliphatic rings. The zero-order chi connectivity index (χ0) is 34.7. The minimum atomic E-state index is -0.290. The number of ether oxygens (including phenoxy) is 2.